The van der Waals surface area contributed by atoms with Gasteiger partial charge >= 0.3 is 5.97 Å². The van der Waals surface area contributed by atoms with Gasteiger partial charge in [-0.15, -0.1) is 0 Å². The molecule has 0 saturated carbocycles. The molecule has 0 unspecified atom stereocenters. The van der Waals surface area contributed by atoms with Gasteiger partial charge in [0.25, 0.3) is 0 Å². The zero-order chi connectivity index (χ0) is 18.9. The second-order valence-corrected chi connectivity index (χ2v) is 7.96. The largest absolute Gasteiger partial charge is 0.508 e. The number of phenolic OH excluding ortho intramolecular Hbond substituents is 2. The Morgan fingerprint density at radius 1 is 0.815 bits per heavy atom. The molecule has 0 bridgehead atoms. The Morgan fingerprint density at radius 2 is 1.37 bits per heavy atom. The molecule has 0 aliphatic carbocycles. The van der Waals surface area contributed by atoms with Crippen LogP contribution in [0, 0.1) is 0 Å². The summed E-state index contributed by atoms with van der Waals surface area (Å²) in [5.41, 5.74) is 1.04. The molecule has 2 N–H and O–H groups in total. The van der Waals surface area contributed by atoms with E-state index in [4.69, 9.17) is 9.47 Å². The summed E-state index contributed by atoms with van der Waals surface area (Å²) >= 11 is 6.89. The molecule has 0 amide bonds. The summed E-state index contributed by atoms with van der Waals surface area (Å²) in [6.45, 7) is 0. The van der Waals surface area contributed by atoms with Crippen LogP contribution in [0.1, 0.15) is 27.0 Å². The third-order valence-corrected chi connectivity index (χ3v) is 6.85. The summed E-state index contributed by atoms with van der Waals surface area (Å²) < 4.78 is 13.2. The van der Waals surface area contributed by atoms with E-state index in [2.05, 4.69) is 31.9 Å². The number of aromatic hydroxyl groups is 2. The van der Waals surface area contributed by atoms with Gasteiger partial charge in [0.1, 0.15) is 23.0 Å². The highest BCUT2D eigenvalue weighted by Gasteiger charge is 2.54. The summed E-state index contributed by atoms with van der Waals surface area (Å²) in [5, 5.41) is 19.8. The highest BCUT2D eigenvalue weighted by molar-refractivity contribution is 9.13. The molecule has 134 valence electrons. The predicted molar refractivity (Wildman–Crippen MR) is 103 cm³/mol. The first kappa shape index (κ1) is 16.6. The maximum Gasteiger partial charge on any atom is 0.341 e. The van der Waals surface area contributed by atoms with Crippen LogP contribution in [-0.2, 0) is 10.3 Å². The average Bonchev–Trinajstić information content (AvgIpc) is 2.91. The van der Waals surface area contributed by atoms with E-state index in [1.807, 2.05) is 12.1 Å². The molecule has 0 aromatic heterocycles. The van der Waals surface area contributed by atoms with Crippen LogP contribution in [0.2, 0.25) is 0 Å². The van der Waals surface area contributed by atoms with E-state index in [-0.39, 0.29) is 11.5 Å². The number of halogens is 2. The minimum atomic E-state index is -1.24. The normalized spacial score (nSPS) is 15.6. The van der Waals surface area contributed by atoms with Gasteiger partial charge in [-0.1, -0.05) is 6.07 Å². The fourth-order valence-electron chi connectivity index (χ4n) is 3.72. The molecule has 1 spiro atoms. The summed E-state index contributed by atoms with van der Waals surface area (Å²) in [7, 11) is 0. The molecule has 27 heavy (non-hydrogen) atoms. The van der Waals surface area contributed by atoms with Gasteiger partial charge in [-0.25, -0.2) is 4.79 Å². The lowest BCUT2D eigenvalue weighted by atomic mass is 9.77. The lowest BCUT2D eigenvalue weighted by molar-refractivity contribution is 0.0224. The number of carbonyl (C=O) groups excluding carboxylic acids is 1. The zero-order valence-corrected chi connectivity index (χ0v) is 16.7. The third-order valence-electron chi connectivity index (χ3n) is 4.83. The first-order chi connectivity index (χ1) is 12.9. The van der Waals surface area contributed by atoms with E-state index in [1.165, 1.54) is 24.3 Å². The van der Waals surface area contributed by atoms with Crippen molar-refractivity contribution in [1.82, 2.24) is 0 Å². The summed E-state index contributed by atoms with van der Waals surface area (Å²) in [5.74, 6) is 0.279. The molecule has 0 atom stereocenters. The lowest BCUT2D eigenvalue weighted by Crippen LogP contribution is -2.32. The molecule has 5 rings (SSSR count). The van der Waals surface area contributed by atoms with Crippen molar-refractivity contribution in [3.8, 4) is 23.0 Å². The monoisotopic (exact) mass is 488 g/mol. The Balaban J connectivity index is 1.92. The molecular weight excluding hydrogens is 480 g/mol. The molecule has 3 aromatic rings. The number of phenols is 2. The zero-order valence-electron chi connectivity index (χ0n) is 13.5. The van der Waals surface area contributed by atoms with E-state index in [1.54, 1.807) is 12.1 Å². The average molecular weight is 490 g/mol. The summed E-state index contributed by atoms with van der Waals surface area (Å²) in [6, 6.07) is 13.0. The van der Waals surface area contributed by atoms with Gasteiger partial charge in [-0.3, -0.25) is 0 Å². The van der Waals surface area contributed by atoms with Crippen LogP contribution in [0.15, 0.2) is 57.5 Å². The number of fused-ring (bicyclic) bond motifs is 6. The van der Waals surface area contributed by atoms with E-state index in [0.717, 1.165) is 4.47 Å². The molecule has 2 heterocycles. The number of benzene rings is 3. The first-order valence-electron chi connectivity index (χ1n) is 7.98. The molecule has 2 aliphatic heterocycles. The summed E-state index contributed by atoms with van der Waals surface area (Å²) in [4.78, 5) is 12.9. The van der Waals surface area contributed by atoms with Gasteiger partial charge in [0.15, 0.2) is 5.60 Å². The van der Waals surface area contributed by atoms with Crippen molar-refractivity contribution < 1.29 is 24.5 Å². The molecule has 3 aromatic carbocycles. The summed E-state index contributed by atoms with van der Waals surface area (Å²) in [6.07, 6.45) is 0. The minimum Gasteiger partial charge on any atom is -0.508 e. The Labute approximate surface area is 170 Å². The second-order valence-electron chi connectivity index (χ2n) is 6.32. The number of hydrogen-bond donors (Lipinski definition) is 2. The number of carbonyl (C=O) groups is 1. The van der Waals surface area contributed by atoms with Gasteiger partial charge in [0.05, 0.1) is 5.56 Å². The van der Waals surface area contributed by atoms with Crippen molar-refractivity contribution in [3.05, 3.63) is 79.7 Å². The van der Waals surface area contributed by atoms with E-state index < -0.39 is 11.6 Å². The van der Waals surface area contributed by atoms with E-state index in [9.17, 15) is 15.0 Å². The van der Waals surface area contributed by atoms with Gasteiger partial charge in [-0.2, -0.15) is 0 Å². The third kappa shape index (κ3) is 2.12. The maximum atomic E-state index is 12.9. The Kier molecular flexibility index (Phi) is 3.39. The van der Waals surface area contributed by atoms with Crippen LogP contribution >= 0.6 is 31.9 Å². The minimum absolute atomic E-state index is 0.0223. The Bertz CT molecular complexity index is 1100. The standard InChI is InChI=1S/C20H10Br2O5/c21-14-6-5-13-17(18(14)22)19(25)27-20(13)11-3-1-9(23)7-15(11)26-16-8-10(24)2-4-12(16)20/h1-8,23-24H. The smallest absolute Gasteiger partial charge is 0.341 e. The van der Waals surface area contributed by atoms with Crippen LogP contribution in [0.3, 0.4) is 0 Å². The van der Waals surface area contributed by atoms with Crippen molar-refractivity contribution in [2.45, 2.75) is 5.60 Å². The van der Waals surface area contributed by atoms with Crippen LogP contribution in [0.5, 0.6) is 23.0 Å². The van der Waals surface area contributed by atoms with Crippen molar-refractivity contribution in [2.24, 2.45) is 0 Å². The lowest BCUT2D eigenvalue weighted by Gasteiger charge is -2.36. The topological polar surface area (TPSA) is 76.0 Å². The highest BCUT2D eigenvalue weighted by atomic mass is 79.9. The van der Waals surface area contributed by atoms with Gasteiger partial charge in [0.2, 0.25) is 0 Å². The molecular formula is C20H10Br2O5. The SMILES string of the molecule is O=C1OC2(c3ccc(O)cc3Oc3cc(O)ccc32)c2ccc(Br)c(Br)c21. The molecule has 0 radical (unpaired) electrons. The fourth-order valence-corrected chi connectivity index (χ4v) is 4.56. The highest BCUT2D eigenvalue weighted by Crippen LogP contribution is 2.58. The number of esters is 1. The van der Waals surface area contributed by atoms with Crippen LogP contribution in [-0.4, -0.2) is 16.2 Å². The Hall–Kier alpha value is -2.51. The van der Waals surface area contributed by atoms with Gasteiger partial charge in [-0.05, 0) is 62.2 Å². The van der Waals surface area contributed by atoms with Gasteiger partial charge in [0, 0.05) is 37.8 Å². The van der Waals surface area contributed by atoms with E-state index >= 15 is 0 Å². The molecule has 5 nitrogen and oxygen atoms in total. The number of ether oxygens (including phenoxy) is 2. The van der Waals surface area contributed by atoms with Crippen molar-refractivity contribution in [3.63, 3.8) is 0 Å². The van der Waals surface area contributed by atoms with Crippen LogP contribution in [0.4, 0.5) is 0 Å². The van der Waals surface area contributed by atoms with Crippen LogP contribution < -0.4 is 4.74 Å². The quantitative estimate of drug-likeness (QED) is 0.425. The van der Waals surface area contributed by atoms with Crippen molar-refractivity contribution >= 4 is 37.8 Å². The Morgan fingerprint density at radius 3 is 1.96 bits per heavy atom. The molecule has 0 fully saturated rings. The predicted octanol–water partition coefficient (Wildman–Crippen LogP) is 5.19. The number of hydrogen-bond acceptors (Lipinski definition) is 5. The molecule has 7 heteroatoms. The molecule has 2 aliphatic rings. The van der Waals surface area contributed by atoms with Gasteiger partial charge < -0.3 is 19.7 Å². The number of rotatable bonds is 0. The van der Waals surface area contributed by atoms with Crippen molar-refractivity contribution in [2.75, 3.05) is 0 Å². The van der Waals surface area contributed by atoms with Crippen LogP contribution in [0.25, 0.3) is 0 Å². The van der Waals surface area contributed by atoms with E-state index in [0.29, 0.717) is 38.2 Å². The molecule has 0 saturated heterocycles. The second kappa shape index (κ2) is 5.50. The van der Waals surface area contributed by atoms with Crippen molar-refractivity contribution in [1.29, 1.82) is 0 Å². The fraction of sp³-hybridized carbons (Fsp3) is 0.0500. The first-order valence-corrected chi connectivity index (χ1v) is 9.57. The maximum absolute atomic E-state index is 12.9.